The molecule has 8 rings (SSSR count). The Morgan fingerprint density at radius 3 is 1.51 bits per heavy atom. The van der Waals surface area contributed by atoms with Gasteiger partial charge >= 0.3 is 0 Å². The van der Waals surface area contributed by atoms with Crippen LogP contribution in [0.25, 0.3) is 21.9 Å². The maximum absolute atomic E-state index is 6.01. The summed E-state index contributed by atoms with van der Waals surface area (Å²) in [6, 6.07) is 53.9. The zero-order valence-corrected chi connectivity index (χ0v) is 31.6. The number of rotatable bonds is 5. The molecule has 0 bridgehead atoms. The van der Waals surface area contributed by atoms with E-state index in [2.05, 4.69) is 81.9 Å². The van der Waals surface area contributed by atoms with E-state index in [9.17, 15) is 0 Å². The van der Waals surface area contributed by atoms with Crippen LogP contribution in [-0.4, -0.2) is 6.72 Å². The Morgan fingerprint density at radius 2 is 0.925 bits per heavy atom. The first-order chi connectivity index (χ1) is 25.7. The average Bonchev–Trinajstić information content (AvgIpc) is 3.54. The lowest BCUT2D eigenvalue weighted by Gasteiger charge is -2.09. The second-order valence-corrected chi connectivity index (χ2v) is 13.0. The van der Waals surface area contributed by atoms with E-state index in [1.54, 1.807) is 6.07 Å². The number of furan rings is 1. The Bertz CT molecular complexity index is 2320. The van der Waals surface area contributed by atoms with E-state index >= 15 is 0 Å². The van der Waals surface area contributed by atoms with E-state index in [1.807, 2.05) is 122 Å². The molecule has 8 aromatic rings. The number of hydrogen-bond acceptors (Lipinski definition) is 4. The van der Waals surface area contributed by atoms with Crippen molar-refractivity contribution < 1.29 is 13.9 Å². The molecule has 0 amide bonds. The highest BCUT2D eigenvalue weighted by molar-refractivity contribution is 6.33. The number of fused-ring (bicyclic) bond motifs is 3. The van der Waals surface area contributed by atoms with Crippen LogP contribution in [0, 0.1) is 34.6 Å². The Balaban J connectivity index is 0.000000140. The molecular formula is C48H44ClNO3. The molecule has 0 spiro atoms. The monoisotopic (exact) mass is 717 g/mol. The molecule has 0 unspecified atom stereocenters. The van der Waals surface area contributed by atoms with Gasteiger partial charge in [0.25, 0.3) is 0 Å². The van der Waals surface area contributed by atoms with Crippen molar-refractivity contribution in [2.45, 2.75) is 34.6 Å². The molecule has 0 aliphatic carbocycles. The van der Waals surface area contributed by atoms with Gasteiger partial charge in [-0.2, -0.15) is 0 Å². The third-order valence-corrected chi connectivity index (χ3v) is 8.41. The van der Waals surface area contributed by atoms with Crippen molar-refractivity contribution in [3.63, 3.8) is 0 Å². The highest BCUT2D eigenvalue weighted by Crippen LogP contribution is 2.37. The van der Waals surface area contributed by atoms with Gasteiger partial charge < -0.3 is 13.9 Å². The summed E-state index contributed by atoms with van der Waals surface area (Å²) in [4.78, 5) is 3.88. The van der Waals surface area contributed by atoms with Crippen LogP contribution in [0.15, 0.2) is 173 Å². The first-order valence-corrected chi connectivity index (χ1v) is 17.8. The summed E-state index contributed by atoms with van der Waals surface area (Å²) in [5.74, 6) is 3.11. The molecule has 0 fully saturated rings. The minimum Gasteiger partial charge on any atom is -0.457 e. The molecule has 0 aliphatic rings. The largest absolute Gasteiger partial charge is 0.457 e. The third-order valence-electron chi connectivity index (χ3n) is 8.11. The summed E-state index contributed by atoms with van der Waals surface area (Å²) >= 11 is 6.01. The van der Waals surface area contributed by atoms with Crippen LogP contribution in [0.1, 0.15) is 27.8 Å². The number of benzene rings is 7. The van der Waals surface area contributed by atoms with Gasteiger partial charge in [0.2, 0.25) is 0 Å². The average molecular weight is 718 g/mol. The third kappa shape index (κ3) is 11.4. The smallest absolute Gasteiger partial charge is 0.154 e. The fraction of sp³-hybridized carbons (Fsp3) is 0.104. The van der Waals surface area contributed by atoms with Gasteiger partial charge in [0, 0.05) is 10.8 Å². The number of aliphatic imine (C=N–C) groups is 1. The topological polar surface area (TPSA) is 44.0 Å². The maximum atomic E-state index is 6.01. The van der Waals surface area contributed by atoms with Crippen molar-refractivity contribution in [1.82, 2.24) is 0 Å². The minimum absolute atomic E-state index is 0.532. The van der Waals surface area contributed by atoms with Crippen molar-refractivity contribution in [3.8, 4) is 23.0 Å². The molecule has 1 aromatic heterocycles. The van der Waals surface area contributed by atoms with Gasteiger partial charge in [-0.1, -0.05) is 136 Å². The number of ether oxygens (including phenoxy) is 2. The predicted octanol–water partition coefficient (Wildman–Crippen LogP) is 14.8. The quantitative estimate of drug-likeness (QED) is 0.166. The molecule has 0 N–H and O–H groups in total. The van der Waals surface area contributed by atoms with E-state index in [4.69, 9.17) is 25.5 Å². The van der Waals surface area contributed by atoms with Crippen LogP contribution in [0.3, 0.4) is 0 Å². The van der Waals surface area contributed by atoms with Gasteiger partial charge in [0.1, 0.15) is 34.1 Å². The van der Waals surface area contributed by atoms with E-state index in [0.29, 0.717) is 16.5 Å². The van der Waals surface area contributed by atoms with Crippen molar-refractivity contribution >= 4 is 45.9 Å². The first kappa shape index (κ1) is 38.1. The van der Waals surface area contributed by atoms with E-state index < -0.39 is 0 Å². The summed E-state index contributed by atoms with van der Waals surface area (Å²) in [7, 11) is 0. The molecule has 0 aliphatic heterocycles. The van der Waals surface area contributed by atoms with Crippen LogP contribution >= 0.6 is 11.6 Å². The van der Waals surface area contributed by atoms with Crippen LogP contribution in [0.5, 0.6) is 23.0 Å². The molecule has 266 valence electrons. The summed E-state index contributed by atoms with van der Waals surface area (Å²) in [5.41, 5.74) is 8.85. The molecule has 53 heavy (non-hydrogen) atoms. The summed E-state index contributed by atoms with van der Waals surface area (Å²) in [6.07, 6.45) is 0. The molecule has 0 saturated carbocycles. The standard InChI is InChI=1S/C14H12ClNO.C13H10O.C13H12O.C8H10/c1-10-6-8-11(9-7-10)17-13-5-3-4-12(15)14(13)16-2;1-9-6-7-13-11(8-9)10-4-2-3-5-12(10)14-13;1-11-7-9-13(10-8-11)14-12-5-3-2-4-6-12;1-7-3-5-8(2)6-4-7/h3-9H,2H2,1H3;2-8H,1H3;2-10H,1H3;3-6H,1-2H3. The minimum atomic E-state index is 0.532. The van der Waals surface area contributed by atoms with Crippen LogP contribution in [0.4, 0.5) is 5.69 Å². The molecule has 7 aromatic carbocycles. The van der Waals surface area contributed by atoms with Crippen LogP contribution in [-0.2, 0) is 0 Å². The van der Waals surface area contributed by atoms with E-state index in [1.165, 1.54) is 38.6 Å². The van der Waals surface area contributed by atoms with Crippen molar-refractivity contribution in [2.24, 2.45) is 4.99 Å². The second-order valence-electron chi connectivity index (χ2n) is 12.6. The molecular weight excluding hydrogens is 674 g/mol. The summed E-state index contributed by atoms with van der Waals surface area (Å²) < 4.78 is 17.1. The van der Waals surface area contributed by atoms with E-state index in [0.717, 1.165) is 28.4 Å². The zero-order valence-electron chi connectivity index (χ0n) is 30.8. The van der Waals surface area contributed by atoms with Gasteiger partial charge in [0.05, 0.1) is 5.02 Å². The summed E-state index contributed by atoms with van der Waals surface area (Å²) in [6.45, 7) is 13.9. The Hall–Kier alpha value is -6.10. The number of nitrogens with zero attached hydrogens (tertiary/aromatic N) is 1. The lowest BCUT2D eigenvalue weighted by Crippen LogP contribution is -1.85. The highest BCUT2D eigenvalue weighted by atomic mass is 35.5. The normalized spacial score (nSPS) is 10.2. The molecule has 0 radical (unpaired) electrons. The molecule has 0 saturated heterocycles. The van der Waals surface area contributed by atoms with Crippen molar-refractivity contribution in [1.29, 1.82) is 0 Å². The molecule has 4 nitrogen and oxygen atoms in total. The highest BCUT2D eigenvalue weighted by Gasteiger charge is 2.07. The van der Waals surface area contributed by atoms with Crippen molar-refractivity contribution in [2.75, 3.05) is 0 Å². The fourth-order valence-corrected chi connectivity index (χ4v) is 5.40. The Kier molecular flexibility index (Phi) is 13.6. The second kappa shape index (κ2) is 18.9. The lowest BCUT2D eigenvalue weighted by atomic mass is 10.1. The van der Waals surface area contributed by atoms with Gasteiger partial charge in [0.15, 0.2) is 5.75 Å². The van der Waals surface area contributed by atoms with Gasteiger partial charge in [-0.3, -0.25) is 4.99 Å². The lowest BCUT2D eigenvalue weighted by molar-refractivity contribution is 0.482. The SMILES string of the molecule is C=Nc1c(Cl)cccc1Oc1ccc(C)cc1.Cc1ccc(C)cc1.Cc1ccc(Oc2ccccc2)cc1.Cc1ccc2oc3ccccc3c2c1. The molecule has 0 atom stereocenters. The predicted molar refractivity (Wildman–Crippen MR) is 224 cm³/mol. The maximum Gasteiger partial charge on any atom is 0.154 e. The van der Waals surface area contributed by atoms with Crippen molar-refractivity contribution in [3.05, 3.63) is 197 Å². The van der Waals surface area contributed by atoms with E-state index in [-0.39, 0.29) is 0 Å². The number of hydrogen-bond donors (Lipinski definition) is 0. The number of halogens is 1. The Morgan fingerprint density at radius 1 is 0.453 bits per heavy atom. The number of aryl methyl sites for hydroxylation is 5. The first-order valence-electron chi connectivity index (χ1n) is 17.4. The molecule has 1 heterocycles. The van der Waals surface area contributed by atoms with Crippen LogP contribution < -0.4 is 9.47 Å². The zero-order chi connectivity index (χ0) is 37.6. The Labute approximate surface area is 318 Å². The fourth-order valence-electron chi connectivity index (χ4n) is 5.17. The van der Waals surface area contributed by atoms with Gasteiger partial charge in [-0.15, -0.1) is 0 Å². The summed E-state index contributed by atoms with van der Waals surface area (Å²) in [5, 5.41) is 2.94. The van der Waals surface area contributed by atoms with Gasteiger partial charge in [-0.25, -0.2) is 0 Å². The van der Waals surface area contributed by atoms with Crippen LogP contribution in [0.2, 0.25) is 5.02 Å². The molecule has 5 heteroatoms. The number of para-hydroxylation sites is 3. The van der Waals surface area contributed by atoms with Gasteiger partial charge in [-0.05, 0) is 108 Å².